The van der Waals surface area contributed by atoms with Crippen molar-refractivity contribution >= 4 is 178 Å². The van der Waals surface area contributed by atoms with Gasteiger partial charge in [-0.15, -0.1) is 35.3 Å². The van der Waals surface area contributed by atoms with Gasteiger partial charge in [-0.25, -0.2) is 9.59 Å². The molecule has 0 aliphatic carbocycles. The van der Waals surface area contributed by atoms with Crippen LogP contribution in [0.5, 0.6) is 0 Å². The molecular formula is C71H49NO7S3. The molecule has 12 aromatic carbocycles. The fourth-order valence-corrected chi connectivity index (χ4v) is 16.2. The van der Waals surface area contributed by atoms with Gasteiger partial charge in [0.15, 0.2) is 0 Å². The predicted molar refractivity (Wildman–Crippen MR) is 341 cm³/mol. The first-order valence-electron chi connectivity index (χ1n) is 27.2. The van der Waals surface area contributed by atoms with Crippen molar-refractivity contribution in [2.45, 2.75) is 14.7 Å². The molecule has 3 heterocycles. The second kappa shape index (κ2) is 20.6. The summed E-state index contributed by atoms with van der Waals surface area (Å²) in [5.74, 6) is 1.07. The first-order chi connectivity index (χ1) is 40.4. The van der Waals surface area contributed by atoms with Crippen LogP contribution in [0.25, 0.3) is 130 Å². The summed E-state index contributed by atoms with van der Waals surface area (Å²) in [5, 5.41) is 23.0. The normalized spacial score (nSPS) is 12.2. The second-order valence-electron chi connectivity index (χ2n) is 20.9. The van der Waals surface area contributed by atoms with Crippen molar-refractivity contribution in [3.05, 3.63) is 213 Å². The molecule has 1 N–H and O–H groups in total. The highest BCUT2D eigenvalue weighted by Crippen LogP contribution is 2.49. The average molecular weight is 1120 g/mol. The van der Waals surface area contributed by atoms with Crippen molar-refractivity contribution in [1.82, 2.24) is 5.32 Å². The van der Waals surface area contributed by atoms with E-state index < -0.39 is 17.5 Å². The summed E-state index contributed by atoms with van der Waals surface area (Å²) >= 11 is 5.26. The monoisotopic (exact) mass is 1120 g/mol. The van der Waals surface area contributed by atoms with Crippen LogP contribution in [0.4, 0.5) is 4.79 Å². The Morgan fingerprint density at radius 3 is 1.11 bits per heavy atom. The lowest BCUT2D eigenvalue weighted by Gasteiger charge is -2.33. The van der Waals surface area contributed by atoms with Gasteiger partial charge < -0.3 is 28.0 Å². The standard InChI is InChI=1S/C71H49NO7S3/c1-2-63(73)75-34-33-72-70(74)76-38-71(39-80-60-35-57-67(51-24-12-9-21-48(51)60)64-45-18-6-3-15-42(45)27-30-54(64)77-57,40-81-61-36-58-68(52-25-13-10-22-49(52)61)65-46-19-7-4-16-43(46)28-31-55(65)78-58)41-82-62-37-59-69(53-26-14-11-23-50(53)62)66-47-20-8-5-17-44(47)29-32-56(66)79-59/h2-32,35-37H,1,33-34,38-41H2,(H,72,74). The molecule has 3 aromatic heterocycles. The molecule has 82 heavy (non-hydrogen) atoms. The molecule has 8 nitrogen and oxygen atoms in total. The lowest BCUT2D eigenvalue weighted by atomic mass is 9.97. The van der Waals surface area contributed by atoms with Gasteiger partial charge in [0, 0.05) is 75.8 Å². The van der Waals surface area contributed by atoms with Crippen LogP contribution in [-0.2, 0) is 14.3 Å². The van der Waals surface area contributed by atoms with E-state index in [0.29, 0.717) is 17.3 Å². The topological polar surface area (TPSA) is 104 Å². The number of benzene rings is 12. The number of esters is 1. The van der Waals surface area contributed by atoms with Gasteiger partial charge in [0.2, 0.25) is 0 Å². The Bertz CT molecular complexity index is 4640. The molecule has 0 radical (unpaired) electrons. The molecule has 0 saturated heterocycles. The van der Waals surface area contributed by atoms with Crippen LogP contribution in [0.2, 0.25) is 0 Å². The summed E-state index contributed by atoms with van der Waals surface area (Å²) in [6.45, 7) is 3.60. The van der Waals surface area contributed by atoms with Gasteiger partial charge in [-0.05, 0) is 101 Å². The van der Waals surface area contributed by atoms with Gasteiger partial charge in [-0.3, -0.25) is 0 Å². The number of hydrogen-bond donors (Lipinski definition) is 1. The number of furan rings is 3. The molecule has 0 atom stereocenters. The Labute approximate surface area is 482 Å². The Hall–Kier alpha value is -8.87. The molecular weight excluding hydrogens is 1070 g/mol. The number of rotatable bonds is 15. The second-order valence-corrected chi connectivity index (χ2v) is 24.0. The highest BCUT2D eigenvalue weighted by Gasteiger charge is 2.35. The van der Waals surface area contributed by atoms with Crippen LogP contribution < -0.4 is 5.32 Å². The number of thioether (sulfide) groups is 3. The number of carbonyl (C=O) groups is 2. The molecule has 15 aromatic rings. The van der Waals surface area contributed by atoms with Crippen molar-refractivity contribution < 1.29 is 32.3 Å². The lowest BCUT2D eigenvalue weighted by Crippen LogP contribution is -2.39. The van der Waals surface area contributed by atoms with Crippen molar-refractivity contribution in [2.75, 3.05) is 37.0 Å². The van der Waals surface area contributed by atoms with Gasteiger partial charge in [0.25, 0.3) is 0 Å². The van der Waals surface area contributed by atoms with E-state index in [0.717, 1.165) is 151 Å². The number of fused-ring (bicyclic) bond motifs is 21. The van der Waals surface area contributed by atoms with Crippen molar-refractivity contribution in [1.29, 1.82) is 0 Å². The summed E-state index contributed by atoms with van der Waals surface area (Å²) < 4.78 is 32.0. The molecule has 0 spiro atoms. The zero-order valence-corrected chi connectivity index (χ0v) is 46.6. The molecule has 0 aliphatic heterocycles. The zero-order valence-electron chi connectivity index (χ0n) is 44.2. The predicted octanol–water partition coefficient (Wildman–Crippen LogP) is 19.4. The maximum Gasteiger partial charge on any atom is 0.407 e. The van der Waals surface area contributed by atoms with E-state index in [-0.39, 0.29) is 19.8 Å². The van der Waals surface area contributed by atoms with E-state index >= 15 is 0 Å². The summed E-state index contributed by atoms with van der Waals surface area (Å²) in [5.41, 5.74) is 4.23. The molecule has 0 bridgehead atoms. The molecule has 1 amide bonds. The summed E-state index contributed by atoms with van der Waals surface area (Å²) in [6.07, 6.45) is 0.494. The highest BCUT2D eigenvalue weighted by molar-refractivity contribution is 8.01. The minimum absolute atomic E-state index is 0.0277. The van der Waals surface area contributed by atoms with Crippen molar-refractivity contribution in [3.8, 4) is 0 Å². The number of alkyl carbamates (subject to hydrolysis) is 1. The third-order valence-electron chi connectivity index (χ3n) is 15.9. The van der Waals surface area contributed by atoms with Crippen LogP contribution in [0.15, 0.2) is 241 Å². The van der Waals surface area contributed by atoms with E-state index in [4.69, 9.17) is 22.7 Å². The van der Waals surface area contributed by atoms with E-state index in [1.807, 2.05) is 0 Å². The van der Waals surface area contributed by atoms with E-state index in [1.165, 1.54) is 0 Å². The molecule has 0 fully saturated rings. The van der Waals surface area contributed by atoms with Gasteiger partial charge >= 0.3 is 12.1 Å². The van der Waals surface area contributed by atoms with Gasteiger partial charge in [0.05, 0.1) is 6.54 Å². The van der Waals surface area contributed by atoms with Gasteiger partial charge in [0.1, 0.15) is 46.7 Å². The molecule has 15 rings (SSSR count). The van der Waals surface area contributed by atoms with Gasteiger partial charge in [-0.2, -0.15) is 0 Å². The summed E-state index contributed by atoms with van der Waals surface area (Å²) in [7, 11) is 0. The largest absolute Gasteiger partial charge is 0.461 e. The molecule has 0 unspecified atom stereocenters. The van der Waals surface area contributed by atoms with E-state index in [2.05, 4.69) is 212 Å². The average Bonchev–Trinajstić information content (AvgIpc) is 3.16. The van der Waals surface area contributed by atoms with E-state index in [1.54, 1.807) is 35.3 Å². The third kappa shape index (κ3) is 8.65. The third-order valence-corrected chi connectivity index (χ3v) is 20.1. The number of carbonyl (C=O) groups excluding carboxylic acids is 2. The quantitative estimate of drug-likeness (QED) is 0.0462. The SMILES string of the molecule is C=CC(=O)OCCNC(=O)OCC(CSc1cc2oc3ccc4ccccc4c3c2c2ccccc12)(CSc1cc2oc3ccc4ccccc4c3c2c2ccccc12)CSc1cc2oc3ccc4ccccc4c3c2c2ccccc12. The maximum atomic E-state index is 14.0. The first kappa shape index (κ1) is 50.1. The highest BCUT2D eigenvalue weighted by atomic mass is 32.2. The van der Waals surface area contributed by atoms with Crippen LogP contribution in [-0.4, -0.2) is 49.1 Å². The smallest absolute Gasteiger partial charge is 0.407 e. The summed E-state index contributed by atoms with van der Waals surface area (Å²) in [6, 6.07) is 70.4. The lowest BCUT2D eigenvalue weighted by molar-refractivity contribution is -0.137. The fourth-order valence-electron chi connectivity index (χ4n) is 12.0. The Morgan fingerprint density at radius 2 is 0.744 bits per heavy atom. The molecule has 0 saturated carbocycles. The zero-order chi connectivity index (χ0) is 54.9. The maximum absolute atomic E-state index is 14.0. The molecule has 0 aliphatic rings. The van der Waals surface area contributed by atoms with Gasteiger partial charge in [-0.1, -0.05) is 170 Å². The number of hydrogen-bond acceptors (Lipinski definition) is 10. The summed E-state index contributed by atoms with van der Waals surface area (Å²) in [4.78, 5) is 29.1. The van der Waals surface area contributed by atoms with Crippen molar-refractivity contribution in [3.63, 3.8) is 0 Å². The number of amides is 1. The Morgan fingerprint density at radius 1 is 0.415 bits per heavy atom. The van der Waals surface area contributed by atoms with Crippen LogP contribution in [0, 0.1) is 5.41 Å². The molecule has 11 heteroatoms. The Kier molecular flexibility index (Phi) is 12.6. The Balaban J connectivity index is 0.874. The minimum atomic E-state index is -0.715. The minimum Gasteiger partial charge on any atom is -0.461 e. The number of ether oxygens (including phenoxy) is 2. The molecule has 398 valence electrons. The van der Waals surface area contributed by atoms with E-state index in [9.17, 15) is 9.59 Å². The number of nitrogens with one attached hydrogen (secondary N) is 1. The van der Waals surface area contributed by atoms with Crippen molar-refractivity contribution in [2.24, 2.45) is 5.41 Å². The van der Waals surface area contributed by atoms with Crippen LogP contribution in [0.3, 0.4) is 0 Å². The van der Waals surface area contributed by atoms with Crippen LogP contribution >= 0.6 is 35.3 Å². The first-order valence-corrected chi connectivity index (χ1v) is 30.2. The fraction of sp³-hybridized carbons (Fsp3) is 0.0986. The van der Waals surface area contributed by atoms with Crippen LogP contribution in [0.1, 0.15) is 0 Å².